The van der Waals surface area contributed by atoms with E-state index >= 15 is 0 Å². The number of benzene rings is 1. The zero-order valence-corrected chi connectivity index (χ0v) is 10.7. The molecule has 3 nitrogen and oxygen atoms in total. The molecule has 3 aromatic rings. The van der Waals surface area contributed by atoms with Crippen LogP contribution in [0.1, 0.15) is 11.1 Å². The molecule has 0 bridgehead atoms. The van der Waals surface area contributed by atoms with Crippen molar-refractivity contribution in [3.63, 3.8) is 0 Å². The Morgan fingerprint density at radius 2 is 1.89 bits per heavy atom. The van der Waals surface area contributed by atoms with Crippen LogP contribution in [-0.4, -0.2) is 9.55 Å². The quantitative estimate of drug-likeness (QED) is 0.701. The van der Waals surface area contributed by atoms with E-state index in [1.54, 1.807) is 10.8 Å². The summed E-state index contributed by atoms with van der Waals surface area (Å²) in [5, 5.41) is 0.928. The van der Waals surface area contributed by atoms with Gasteiger partial charge in [-0.25, -0.2) is 0 Å². The van der Waals surface area contributed by atoms with Crippen LogP contribution in [0.5, 0.6) is 0 Å². The van der Waals surface area contributed by atoms with E-state index < -0.39 is 0 Å². The van der Waals surface area contributed by atoms with Gasteiger partial charge < -0.3 is 4.57 Å². The fourth-order valence-corrected chi connectivity index (χ4v) is 2.29. The van der Waals surface area contributed by atoms with Crippen LogP contribution in [0.15, 0.2) is 59.7 Å². The highest BCUT2D eigenvalue weighted by molar-refractivity contribution is 5.80. The maximum atomic E-state index is 12.4. The maximum absolute atomic E-state index is 12.4. The lowest BCUT2D eigenvalue weighted by Crippen LogP contribution is -2.21. The summed E-state index contributed by atoms with van der Waals surface area (Å²) in [6.45, 7) is 2.58. The van der Waals surface area contributed by atoms with Crippen molar-refractivity contribution in [2.75, 3.05) is 0 Å². The zero-order chi connectivity index (χ0) is 13.2. The Morgan fingerprint density at radius 3 is 2.68 bits per heavy atom. The predicted molar refractivity (Wildman–Crippen MR) is 76.3 cm³/mol. The van der Waals surface area contributed by atoms with Crippen molar-refractivity contribution in [1.29, 1.82) is 0 Å². The molecule has 0 atom stereocenters. The first-order valence-electron chi connectivity index (χ1n) is 6.24. The molecule has 0 saturated carbocycles. The van der Waals surface area contributed by atoms with Crippen molar-refractivity contribution in [3.05, 3.63) is 76.3 Å². The Kier molecular flexibility index (Phi) is 2.88. The second-order valence-electron chi connectivity index (χ2n) is 4.63. The van der Waals surface area contributed by atoms with Crippen LogP contribution in [-0.2, 0) is 6.54 Å². The minimum absolute atomic E-state index is 0.0370. The Balaban J connectivity index is 2.15. The number of rotatable bonds is 2. The number of aryl methyl sites for hydroxylation is 1. The fourth-order valence-electron chi connectivity index (χ4n) is 2.29. The summed E-state index contributed by atoms with van der Waals surface area (Å²) in [6, 6.07) is 13.8. The van der Waals surface area contributed by atoms with Crippen LogP contribution < -0.4 is 5.56 Å². The molecule has 0 fully saturated rings. The Bertz CT molecular complexity index is 776. The summed E-state index contributed by atoms with van der Waals surface area (Å²) in [4.78, 5) is 16.6. The standard InChI is InChI=1S/C16H14N2O/c1-12-10-18(11-13-6-3-2-4-7-13)16(19)15-14(12)8-5-9-17-15/h2-10H,11H2,1H3. The highest BCUT2D eigenvalue weighted by Gasteiger charge is 2.07. The lowest BCUT2D eigenvalue weighted by molar-refractivity contribution is 0.761. The van der Waals surface area contributed by atoms with Gasteiger partial charge in [0, 0.05) is 17.8 Å². The highest BCUT2D eigenvalue weighted by Crippen LogP contribution is 2.12. The molecule has 94 valence electrons. The molecule has 3 rings (SSSR count). The van der Waals surface area contributed by atoms with Crippen molar-refractivity contribution in [2.24, 2.45) is 0 Å². The van der Waals surface area contributed by atoms with E-state index in [0.29, 0.717) is 12.1 Å². The summed E-state index contributed by atoms with van der Waals surface area (Å²) in [5.41, 5.74) is 2.68. The minimum atomic E-state index is -0.0370. The summed E-state index contributed by atoms with van der Waals surface area (Å²) in [5.74, 6) is 0. The van der Waals surface area contributed by atoms with Crippen molar-refractivity contribution in [3.8, 4) is 0 Å². The van der Waals surface area contributed by atoms with Crippen molar-refractivity contribution < 1.29 is 0 Å². The van der Waals surface area contributed by atoms with Gasteiger partial charge in [0.2, 0.25) is 0 Å². The first-order chi connectivity index (χ1) is 9.25. The van der Waals surface area contributed by atoms with Crippen LogP contribution in [0, 0.1) is 6.92 Å². The van der Waals surface area contributed by atoms with Crippen LogP contribution in [0.25, 0.3) is 10.9 Å². The van der Waals surface area contributed by atoms with Gasteiger partial charge in [0.25, 0.3) is 5.56 Å². The van der Waals surface area contributed by atoms with Gasteiger partial charge in [-0.15, -0.1) is 0 Å². The molecule has 0 spiro atoms. The SMILES string of the molecule is Cc1cn(Cc2ccccc2)c(=O)c2ncccc12. The first kappa shape index (κ1) is 11.7. The molecule has 0 amide bonds. The van der Waals surface area contributed by atoms with Gasteiger partial charge in [-0.2, -0.15) is 0 Å². The van der Waals surface area contributed by atoms with Crippen LogP contribution >= 0.6 is 0 Å². The predicted octanol–water partition coefficient (Wildman–Crippen LogP) is 2.75. The van der Waals surface area contributed by atoms with Gasteiger partial charge in [-0.1, -0.05) is 36.4 Å². The van der Waals surface area contributed by atoms with E-state index in [2.05, 4.69) is 4.98 Å². The molecule has 19 heavy (non-hydrogen) atoms. The van der Waals surface area contributed by atoms with Gasteiger partial charge in [0.15, 0.2) is 0 Å². The second-order valence-corrected chi connectivity index (χ2v) is 4.63. The molecule has 0 N–H and O–H groups in total. The van der Waals surface area contributed by atoms with E-state index in [0.717, 1.165) is 16.5 Å². The van der Waals surface area contributed by atoms with Crippen LogP contribution in [0.4, 0.5) is 0 Å². The molecule has 0 aliphatic rings. The zero-order valence-electron chi connectivity index (χ0n) is 10.7. The number of fused-ring (bicyclic) bond motifs is 1. The molecular weight excluding hydrogens is 236 g/mol. The number of nitrogens with zero attached hydrogens (tertiary/aromatic N) is 2. The van der Waals surface area contributed by atoms with Gasteiger partial charge in [0.1, 0.15) is 5.52 Å². The fraction of sp³-hybridized carbons (Fsp3) is 0.125. The maximum Gasteiger partial charge on any atom is 0.277 e. The number of hydrogen-bond acceptors (Lipinski definition) is 2. The third-order valence-electron chi connectivity index (χ3n) is 3.24. The number of hydrogen-bond donors (Lipinski definition) is 0. The largest absolute Gasteiger partial charge is 0.309 e. The number of aromatic nitrogens is 2. The van der Waals surface area contributed by atoms with E-state index in [1.165, 1.54) is 0 Å². The summed E-state index contributed by atoms with van der Waals surface area (Å²) in [7, 11) is 0. The first-order valence-corrected chi connectivity index (χ1v) is 6.24. The summed E-state index contributed by atoms with van der Waals surface area (Å²) >= 11 is 0. The van der Waals surface area contributed by atoms with E-state index in [1.807, 2.05) is 55.6 Å². The Morgan fingerprint density at radius 1 is 1.11 bits per heavy atom. The van der Waals surface area contributed by atoms with Crippen molar-refractivity contribution in [2.45, 2.75) is 13.5 Å². The highest BCUT2D eigenvalue weighted by atomic mass is 16.1. The van der Waals surface area contributed by atoms with Gasteiger partial charge in [-0.3, -0.25) is 9.78 Å². The Labute approximate surface area is 111 Å². The summed E-state index contributed by atoms with van der Waals surface area (Å²) in [6.07, 6.45) is 3.56. The minimum Gasteiger partial charge on any atom is -0.309 e. The van der Waals surface area contributed by atoms with E-state index in [9.17, 15) is 4.79 Å². The van der Waals surface area contributed by atoms with E-state index in [4.69, 9.17) is 0 Å². The van der Waals surface area contributed by atoms with Crippen molar-refractivity contribution in [1.82, 2.24) is 9.55 Å². The normalized spacial score (nSPS) is 10.8. The molecule has 0 aliphatic heterocycles. The molecule has 0 aliphatic carbocycles. The van der Waals surface area contributed by atoms with Crippen LogP contribution in [0.2, 0.25) is 0 Å². The van der Waals surface area contributed by atoms with Gasteiger partial charge in [0.05, 0.1) is 6.54 Å². The molecule has 0 saturated heterocycles. The van der Waals surface area contributed by atoms with E-state index in [-0.39, 0.29) is 5.56 Å². The lowest BCUT2D eigenvalue weighted by Gasteiger charge is -2.09. The third kappa shape index (κ3) is 2.15. The van der Waals surface area contributed by atoms with Gasteiger partial charge in [-0.05, 0) is 24.1 Å². The molecule has 3 heteroatoms. The van der Waals surface area contributed by atoms with Crippen LogP contribution in [0.3, 0.4) is 0 Å². The van der Waals surface area contributed by atoms with Gasteiger partial charge >= 0.3 is 0 Å². The number of pyridine rings is 2. The molecule has 1 aromatic carbocycles. The molecular formula is C16H14N2O. The average molecular weight is 250 g/mol. The molecule has 0 radical (unpaired) electrons. The Hall–Kier alpha value is -2.42. The topological polar surface area (TPSA) is 34.9 Å². The summed E-state index contributed by atoms with van der Waals surface area (Å²) < 4.78 is 1.72. The average Bonchev–Trinajstić information content (AvgIpc) is 2.46. The van der Waals surface area contributed by atoms with Crippen molar-refractivity contribution >= 4 is 10.9 Å². The lowest BCUT2D eigenvalue weighted by atomic mass is 10.1. The smallest absolute Gasteiger partial charge is 0.277 e. The molecule has 2 heterocycles. The second kappa shape index (κ2) is 4.69. The third-order valence-corrected chi connectivity index (χ3v) is 3.24. The monoisotopic (exact) mass is 250 g/mol. The molecule has 0 unspecified atom stereocenters. The molecule has 2 aromatic heterocycles.